The van der Waals surface area contributed by atoms with E-state index in [0.29, 0.717) is 5.56 Å². The van der Waals surface area contributed by atoms with Gasteiger partial charge < -0.3 is 0 Å². The highest BCUT2D eigenvalue weighted by molar-refractivity contribution is 7.86. The highest BCUT2D eigenvalue weighted by Gasteiger charge is 2.44. The molecular weight excluding hydrogens is 457 g/mol. The van der Waals surface area contributed by atoms with Crippen LogP contribution in [0.1, 0.15) is 5.56 Å². The molecule has 0 amide bonds. The summed E-state index contributed by atoms with van der Waals surface area (Å²) in [5, 5.41) is 0. The van der Waals surface area contributed by atoms with Gasteiger partial charge in [-0.2, -0.15) is 30.0 Å². The highest BCUT2D eigenvalue weighted by atomic mass is 32.2. The van der Waals surface area contributed by atoms with Gasteiger partial charge in [-0.1, -0.05) is 66.7 Å². The molecule has 0 aliphatic rings. The van der Waals surface area contributed by atoms with Crippen LogP contribution in [0.4, 0.5) is 13.2 Å². The summed E-state index contributed by atoms with van der Waals surface area (Å²) in [5.41, 5.74) is -1.58. The molecule has 0 saturated carbocycles. The molecule has 3 aromatic rings. The van der Waals surface area contributed by atoms with Gasteiger partial charge in [0.25, 0.3) is 10.1 Å². The van der Waals surface area contributed by atoms with Crippen molar-refractivity contribution in [2.45, 2.75) is 17.3 Å². The van der Waals surface area contributed by atoms with E-state index in [1.165, 1.54) is 6.07 Å². The average Bonchev–Trinajstić information content (AvgIpc) is 2.67. The van der Waals surface area contributed by atoms with Gasteiger partial charge in [0.05, 0.1) is 0 Å². The first-order valence-corrected chi connectivity index (χ1v) is 11.4. The zero-order valence-corrected chi connectivity index (χ0v) is 17.5. The van der Waals surface area contributed by atoms with E-state index in [9.17, 15) is 26.1 Å². The Hall–Kier alpha value is -2.73. The maximum Gasteiger partial charge on any atom is 0.522 e. The lowest BCUT2D eigenvalue weighted by Crippen LogP contribution is -2.21. The normalized spacial score (nSPS) is 12.1. The molecule has 0 atom stereocenters. The van der Waals surface area contributed by atoms with Crippen molar-refractivity contribution in [2.24, 2.45) is 0 Å². The summed E-state index contributed by atoms with van der Waals surface area (Å²) in [6, 6.07) is 22.0. The first-order valence-electron chi connectivity index (χ1n) is 8.49. The molecule has 3 aromatic carbocycles. The van der Waals surface area contributed by atoms with Crippen molar-refractivity contribution in [1.82, 2.24) is 0 Å². The molecule has 0 aliphatic heterocycles. The third-order valence-corrected chi connectivity index (χ3v) is 5.55. The molecule has 2 N–H and O–H groups in total. The lowest BCUT2D eigenvalue weighted by molar-refractivity contribution is -0.0510. The maximum absolute atomic E-state index is 11.9. The fraction of sp³-hybridized carbons (Fsp3) is 0.100. The number of rotatable bonds is 3. The molecule has 0 bridgehead atoms. The third-order valence-electron chi connectivity index (χ3n) is 4.07. The van der Waals surface area contributed by atoms with Crippen LogP contribution in [0, 0.1) is 6.92 Å². The number of hydrogen-bond donors (Lipinski definition) is 2. The minimum absolute atomic E-state index is 0.0758. The first-order chi connectivity index (χ1) is 14.2. The van der Waals surface area contributed by atoms with Crippen LogP contribution in [0.2, 0.25) is 0 Å². The molecule has 166 valence electrons. The summed E-state index contributed by atoms with van der Waals surface area (Å²) in [6.45, 7) is 1.93. The van der Waals surface area contributed by atoms with Crippen molar-refractivity contribution >= 4 is 20.2 Å². The van der Waals surface area contributed by atoms with Crippen LogP contribution < -0.4 is 0 Å². The van der Waals surface area contributed by atoms with E-state index in [0.717, 1.165) is 22.3 Å². The third kappa shape index (κ3) is 6.14. The van der Waals surface area contributed by atoms with Crippen LogP contribution in [0.3, 0.4) is 0 Å². The summed E-state index contributed by atoms with van der Waals surface area (Å²) in [7, 11) is -10.2. The first kappa shape index (κ1) is 24.5. The van der Waals surface area contributed by atoms with Gasteiger partial charge in [0.2, 0.25) is 0 Å². The second-order valence-corrected chi connectivity index (χ2v) is 9.06. The zero-order valence-electron chi connectivity index (χ0n) is 15.9. The van der Waals surface area contributed by atoms with Crippen LogP contribution in [0.15, 0.2) is 77.7 Å². The van der Waals surface area contributed by atoms with Gasteiger partial charge in [-0.3, -0.25) is 9.11 Å². The molecule has 0 aliphatic carbocycles. The quantitative estimate of drug-likeness (QED) is 0.410. The van der Waals surface area contributed by atoms with Crippen molar-refractivity contribution in [1.29, 1.82) is 0 Å². The summed E-state index contributed by atoms with van der Waals surface area (Å²) in [4.78, 5) is -0.0758. The van der Waals surface area contributed by atoms with Gasteiger partial charge in [-0.25, -0.2) is 0 Å². The molecule has 3 rings (SSSR count). The number of halogens is 3. The Morgan fingerprint density at radius 3 is 1.42 bits per heavy atom. The zero-order chi connectivity index (χ0) is 23.4. The Kier molecular flexibility index (Phi) is 7.27. The van der Waals surface area contributed by atoms with Crippen molar-refractivity contribution in [3.63, 3.8) is 0 Å². The van der Waals surface area contributed by atoms with Crippen LogP contribution in [-0.4, -0.2) is 31.4 Å². The van der Waals surface area contributed by atoms with E-state index in [1.807, 2.05) is 67.6 Å². The molecular formula is C20H17F3O6S2. The topological polar surface area (TPSA) is 109 Å². The van der Waals surface area contributed by atoms with E-state index in [1.54, 1.807) is 6.07 Å². The lowest BCUT2D eigenvalue weighted by Gasteiger charge is -2.16. The SMILES string of the molecule is Cc1ccc(S(=O)(=O)O)c(-c2ccccc2)c1-c1ccccc1.O=S(=O)(O)C(F)(F)F. The van der Waals surface area contributed by atoms with E-state index >= 15 is 0 Å². The van der Waals surface area contributed by atoms with Crippen LogP contribution in [0.5, 0.6) is 0 Å². The minimum atomic E-state index is -5.84. The molecule has 0 radical (unpaired) electrons. The number of aryl methyl sites for hydroxylation is 1. The Morgan fingerprint density at radius 1 is 0.677 bits per heavy atom. The van der Waals surface area contributed by atoms with Crippen molar-refractivity contribution < 1.29 is 39.1 Å². The van der Waals surface area contributed by atoms with Crippen LogP contribution >= 0.6 is 0 Å². The molecule has 31 heavy (non-hydrogen) atoms. The Morgan fingerprint density at radius 2 is 1.06 bits per heavy atom. The second kappa shape index (κ2) is 9.18. The fourth-order valence-corrected chi connectivity index (χ4v) is 3.49. The summed E-state index contributed by atoms with van der Waals surface area (Å²) in [5.74, 6) is 0. The number of hydrogen-bond acceptors (Lipinski definition) is 4. The number of alkyl halides is 3. The molecule has 6 nitrogen and oxygen atoms in total. The van der Waals surface area contributed by atoms with E-state index < -0.39 is 25.7 Å². The number of benzene rings is 3. The van der Waals surface area contributed by atoms with Crippen molar-refractivity contribution in [2.75, 3.05) is 0 Å². The predicted molar refractivity (Wildman–Crippen MR) is 109 cm³/mol. The lowest BCUT2D eigenvalue weighted by atomic mass is 9.91. The Balaban J connectivity index is 0.000000366. The largest absolute Gasteiger partial charge is 0.522 e. The van der Waals surface area contributed by atoms with Gasteiger partial charge in [0, 0.05) is 5.56 Å². The standard InChI is InChI=1S/C19H16O3S.CHF3O3S/c1-14-12-13-17(23(20,21)22)19(16-10-6-3-7-11-16)18(14)15-8-4-2-5-9-15;2-1(3,4)8(5,6)7/h2-13H,1H3,(H,20,21,22);(H,5,6,7). The minimum Gasteiger partial charge on any atom is -0.282 e. The van der Waals surface area contributed by atoms with E-state index in [2.05, 4.69) is 0 Å². The molecule has 0 unspecified atom stereocenters. The smallest absolute Gasteiger partial charge is 0.282 e. The van der Waals surface area contributed by atoms with E-state index in [-0.39, 0.29) is 4.90 Å². The molecule has 0 aromatic heterocycles. The summed E-state index contributed by atoms with van der Waals surface area (Å²) < 4.78 is 91.0. The molecule has 11 heteroatoms. The average molecular weight is 474 g/mol. The summed E-state index contributed by atoms with van der Waals surface area (Å²) >= 11 is 0. The van der Waals surface area contributed by atoms with Gasteiger partial charge in [-0.15, -0.1) is 0 Å². The monoisotopic (exact) mass is 474 g/mol. The highest BCUT2D eigenvalue weighted by Crippen LogP contribution is 2.39. The molecule has 0 spiro atoms. The summed E-state index contributed by atoms with van der Waals surface area (Å²) in [6.07, 6.45) is 0. The second-order valence-electron chi connectivity index (χ2n) is 6.26. The van der Waals surface area contributed by atoms with Gasteiger partial charge in [0.15, 0.2) is 0 Å². The molecule has 0 heterocycles. The van der Waals surface area contributed by atoms with Crippen molar-refractivity contribution in [3.8, 4) is 22.3 Å². The van der Waals surface area contributed by atoms with Crippen LogP contribution in [-0.2, 0) is 20.2 Å². The predicted octanol–water partition coefficient (Wildman–Crippen LogP) is 4.97. The van der Waals surface area contributed by atoms with Gasteiger partial charge in [-0.05, 0) is 35.2 Å². The van der Waals surface area contributed by atoms with Crippen molar-refractivity contribution in [3.05, 3.63) is 78.4 Å². The van der Waals surface area contributed by atoms with Gasteiger partial charge >= 0.3 is 15.6 Å². The molecule has 0 saturated heterocycles. The van der Waals surface area contributed by atoms with E-state index in [4.69, 9.17) is 13.0 Å². The fourth-order valence-electron chi connectivity index (χ4n) is 2.77. The van der Waals surface area contributed by atoms with Gasteiger partial charge in [0.1, 0.15) is 4.90 Å². The Labute approximate surface area is 177 Å². The Bertz CT molecular complexity index is 1260. The van der Waals surface area contributed by atoms with Crippen LogP contribution in [0.25, 0.3) is 22.3 Å². The molecule has 0 fully saturated rings. The maximum atomic E-state index is 11.9.